The minimum absolute atomic E-state index is 0.714. The molecule has 1 aliphatic heterocycles. The molecule has 1 aliphatic carbocycles. The summed E-state index contributed by atoms with van der Waals surface area (Å²) < 4.78 is 0. The van der Waals surface area contributed by atoms with Gasteiger partial charge in [0.2, 0.25) is 0 Å². The fourth-order valence-electron chi connectivity index (χ4n) is 3.37. The molecule has 1 heterocycles. The molecule has 0 amide bonds. The first-order chi connectivity index (χ1) is 6.25. The molecule has 1 saturated heterocycles. The molecule has 1 spiro atoms. The lowest BCUT2D eigenvalue weighted by atomic mass is 9.74. The summed E-state index contributed by atoms with van der Waals surface area (Å²) in [4.78, 5) is 2.56. The second-order valence-electron chi connectivity index (χ2n) is 5.18. The predicted molar refractivity (Wildman–Crippen MR) is 56.8 cm³/mol. The molecule has 2 rings (SSSR count). The van der Waals surface area contributed by atoms with Gasteiger partial charge in [-0.1, -0.05) is 25.7 Å². The van der Waals surface area contributed by atoms with Gasteiger partial charge in [-0.3, -0.25) is 0 Å². The Balaban J connectivity index is 2.09. The molecule has 0 aromatic rings. The second-order valence-corrected chi connectivity index (χ2v) is 5.18. The van der Waals surface area contributed by atoms with Crippen molar-refractivity contribution in [2.45, 2.75) is 57.9 Å². The van der Waals surface area contributed by atoms with Crippen molar-refractivity contribution in [3.8, 4) is 0 Å². The fraction of sp³-hybridized carbons (Fsp3) is 1.00. The third-order valence-corrected chi connectivity index (χ3v) is 4.61. The maximum absolute atomic E-state index is 2.56. The van der Waals surface area contributed by atoms with Gasteiger partial charge in [0.15, 0.2) is 0 Å². The topological polar surface area (TPSA) is 3.24 Å². The van der Waals surface area contributed by atoms with E-state index < -0.39 is 0 Å². The van der Waals surface area contributed by atoms with Crippen molar-refractivity contribution < 1.29 is 0 Å². The summed E-state index contributed by atoms with van der Waals surface area (Å²) >= 11 is 0. The van der Waals surface area contributed by atoms with E-state index in [2.05, 4.69) is 18.9 Å². The van der Waals surface area contributed by atoms with Gasteiger partial charge >= 0.3 is 0 Å². The van der Waals surface area contributed by atoms with Crippen LogP contribution >= 0.6 is 0 Å². The number of hydrogen-bond acceptors (Lipinski definition) is 1. The van der Waals surface area contributed by atoms with Crippen LogP contribution in [0.4, 0.5) is 0 Å². The summed E-state index contributed by atoms with van der Waals surface area (Å²) in [6.45, 7) is 3.78. The van der Waals surface area contributed by atoms with Crippen molar-refractivity contribution in [3.63, 3.8) is 0 Å². The van der Waals surface area contributed by atoms with Crippen LogP contribution in [0.2, 0.25) is 0 Å². The predicted octanol–water partition coefficient (Wildman–Crippen LogP) is 3.05. The second kappa shape index (κ2) is 3.61. The summed E-state index contributed by atoms with van der Waals surface area (Å²) in [5.74, 6) is 0. The normalized spacial score (nSPS) is 35.1. The van der Waals surface area contributed by atoms with E-state index >= 15 is 0 Å². The highest BCUT2D eigenvalue weighted by Gasteiger charge is 2.42. The van der Waals surface area contributed by atoms with Crippen LogP contribution in [0.15, 0.2) is 0 Å². The van der Waals surface area contributed by atoms with Gasteiger partial charge in [0.1, 0.15) is 0 Å². The van der Waals surface area contributed by atoms with Crippen LogP contribution in [0, 0.1) is 5.41 Å². The van der Waals surface area contributed by atoms with Crippen LogP contribution in [-0.4, -0.2) is 24.5 Å². The van der Waals surface area contributed by atoms with Gasteiger partial charge in [0.25, 0.3) is 0 Å². The Morgan fingerprint density at radius 1 is 1.00 bits per heavy atom. The van der Waals surface area contributed by atoms with Crippen LogP contribution in [0.3, 0.4) is 0 Å². The molecule has 1 atom stereocenters. The number of rotatable bonds is 0. The Kier molecular flexibility index (Phi) is 2.64. The summed E-state index contributed by atoms with van der Waals surface area (Å²) in [7, 11) is 2.30. The van der Waals surface area contributed by atoms with Gasteiger partial charge in [0, 0.05) is 6.04 Å². The number of hydrogen-bond donors (Lipinski definition) is 0. The van der Waals surface area contributed by atoms with Gasteiger partial charge in [-0.2, -0.15) is 0 Å². The number of nitrogens with zero attached hydrogens (tertiary/aromatic N) is 1. The highest BCUT2D eigenvalue weighted by molar-refractivity contribution is 4.96. The summed E-state index contributed by atoms with van der Waals surface area (Å²) in [5.41, 5.74) is 0.714. The molecule has 0 aromatic heterocycles. The molecule has 0 radical (unpaired) electrons. The van der Waals surface area contributed by atoms with Crippen LogP contribution in [0.1, 0.15) is 51.9 Å². The molecule has 2 aliphatic rings. The summed E-state index contributed by atoms with van der Waals surface area (Å²) in [5, 5.41) is 0. The SMILES string of the molecule is C[C@H]1N(C)CCC12CCCCCC2. The standard InChI is InChI=1S/C12H23N/c1-11-12(9-10-13(11)2)7-5-3-4-6-8-12/h11H,3-10H2,1-2H3/t11-/m1/s1. The molecule has 0 unspecified atom stereocenters. The molecule has 0 bridgehead atoms. The van der Waals surface area contributed by atoms with Gasteiger partial charge < -0.3 is 4.90 Å². The van der Waals surface area contributed by atoms with Gasteiger partial charge in [-0.15, -0.1) is 0 Å². The fourth-order valence-corrected chi connectivity index (χ4v) is 3.37. The van der Waals surface area contributed by atoms with E-state index in [4.69, 9.17) is 0 Å². The van der Waals surface area contributed by atoms with Crippen molar-refractivity contribution >= 4 is 0 Å². The molecular weight excluding hydrogens is 158 g/mol. The highest BCUT2D eigenvalue weighted by Crippen LogP contribution is 2.46. The largest absolute Gasteiger partial charge is 0.303 e. The Labute approximate surface area is 82.5 Å². The molecule has 2 fully saturated rings. The quantitative estimate of drug-likeness (QED) is 0.555. The van der Waals surface area contributed by atoms with E-state index in [-0.39, 0.29) is 0 Å². The average molecular weight is 181 g/mol. The smallest absolute Gasteiger partial charge is 0.0121 e. The van der Waals surface area contributed by atoms with Crippen molar-refractivity contribution in [1.82, 2.24) is 4.90 Å². The Hall–Kier alpha value is -0.0400. The Bertz CT molecular complexity index is 168. The van der Waals surface area contributed by atoms with Crippen LogP contribution in [0.5, 0.6) is 0 Å². The first-order valence-corrected chi connectivity index (χ1v) is 5.95. The summed E-state index contributed by atoms with van der Waals surface area (Å²) in [6, 6.07) is 0.839. The summed E-state index contributed by atoms with van der Waals surface area (Å²) in [6.07, 6.45) is 10.4. The van der Waals surface area contributed by atoms with Gasteiger partial charge in [0.05, 0.1) is 0 Å². The van der Waals surface area contributed by atoms with Crippen molar-refractivity contribution in [2.75, 3.05) is 13.6 Å². The van der Waals surface area contributed by atoms with Crippen LogP contribution in [-0.2, 0) is 0 Å². The van der Waals surface area contributed by atoms with E-state index in [1.54, 1.807) is 0 Å². The first-order valence-electron chi connectivity index (χ1n) is 5.95. The Morgan fingerprint density at radius 3 is 2.08 bits per heavy atom. The molecule has 76 valence electrons. The third-order valence-electron chi connectivity index (χ3n) is 4.61. The van der Waals surface area contributed by atoms with Gasteiger partial charge in [-0.25, -0.2) is 0 Å². The van der Waals surface area contributed by atoms with Gasteiger partial charge in [-0.05, 0) is 45.2 Å². The number of likely N-dealkylation sites (tertiary alicyclic amines) is 1. The van der Waals surface area contributed by atoms with E-state index in [1.165, 1.54) is 51.5 Å². The zero-order valence-corrected chi connectivity index (χ0v) is 9.18. The average Bonchev–Trinajstić information content (AvgIpc) is 2.38. The lowest BCUT2D eigenvalue weighted by molar-refractivity contribution is 0.167. The molecule has 0 aromatic carbocycles. The van der Waals surface area contributed by atoms with Crippen LogP contribution < -0.4 is 0 Å². The lowest BCUT2D eigenvalue weighted by Crippen LogP contribution is -2.34. The molecule has 1 nitrogen and oxygen atoms in total. The van der Waals surface area contributed by atoms with Crippen LogP contribution in [0.25, 0.3) is 0 Å². The first kappa shape index (κ1) is 9.51. The van der Waals surface area contributed by atoms with E-state index in [0.717, 1.165) is 6.04 Å². The Morgan fingerprint density at radius 2 is 1.62 bits per heavy atom. The minimum atomic E-state index is 0.714. The van der Waals surface area contributed by atoms with Crippen molar-refractivity contribution in [3.05, 3.63) is 0 Å². The molecule has 13 heavy (non-hydrogen) atoms. The minimum Gasteiger partial charge on any atom is -0.303 e. The zero-order valence-electron chi connectivity index (χ0n) is 9.18. The molecular formula is C12H23N. The monoisotopic (exact) mass is 181 g/mol. The van der Waals surface area contributed by atoms with Crippen molar-refractivity contribution in [2.24, 2.45) is 5.41 Å². The molecule has 1 saturated carbocycles. The maximum Gasteiger partial charge on any atom is 0.0121 e. The molecule has 0 N–H and O–H groups in total. The van der Waals surface area contributed by atoms with Crippen molar-refractivity contribution in [1.29, 1.82) is 0 Å². The van der Waals surface area contributed by atoms with E-state index in [0.29, 0.717) is 5.41 Å². The highest BCUT2D eigenvalue weighted by atomic mass is 15.2. The molecule has 1 heteroatoms. The lowest BCUT2D eigenvalue weighted by Gasteiger charge is -2.34. The van der Waals surface area contributed by atoms with E-state index in [9.17, 15) is 0 Å². The van der Waals surface area contributed by atoms with E-state index in [1.807, 2.05) is 0 Å². The third kappa shape index (κ3) is 1.63. The zero-order chi connectivity index (χ0) is 9.31. The maximum atomic E-state index is 2.56.